The van der Waals surface area contributed by atoms with E-state index in [0.29, 0.717) is 22.9 Å². The number of methoxy groups -OCH3 is 1. The van der Waals surface area contributed by atoms with Gasteiger partial charge in [-0.05, 0) is 47.9 Å². The van der Waals surface area contributed by atoms with Crippen molar-refractivity contribution < 1.29 is 18.7 Å². The second-order valence-corrected chi connectivity index (χ2v) is 8.30. The summed E-state index contributed by atoms with van der Waals surface area (Å²) in [4.78, 5) is 28.0. The number of nitrogens with one attached hydrogen (secondary N) is 1. The van der Waals surface area contributed by atoms with E-state index in [2.05, 4.69) is 19.2 Å². The molecule has 4 rings (SSSR count). The molecule has 0 unspecified atom stereocenters. The normalized spacial score (nSPS) is 13.8. The summed E-state index contributed by atoms with van der Waals surface area (Å²) in [5, 5.41) is 2.94. The Balaban J connectivity index is 1.83. The molecule has 33 heavy (non-hydrogen) atoms. The molecule has 0 spiro atoms. The number of para-hydroxylation sites is 1. The van der Waals surface area contributed by atoms with Gasteiger partial charge < -0.3 is 10.1 Å². The van der Waals surface area contributed by atoms with Crippen molar-refractivity contribution in [2.24, 2.45) is 0 Å². The lowest BCUT2D eigenvalue weighted by Crippen LogP contribution is -2.32. The second-order valence-electron chi connectivity index (χ2n) is 7.90. The van der Waals surface area contributed by atoms with Crippen LogP contribution in [0.4, 0.5) is 15.8 Å². The van der Waals surface area contributed by atoms with Gasteiger partial charge in [-0.2, -0.15) is 0 Å². The van der Waals surface area contributed by atoms with Crippen LogP contribution in [0.25, 0.3) is 5.57 Å². The van der Waals surface area contributed by atoms with Crippen LogP contribution < -0.4 is 15.0 Å². The smallest absolute Gasteiger partial charge is 0.282 e. The maximum absolute atomic E-state index is 13.7. The minimum atomic E-state index is -0.638. The Morgan fingerprint density at radius 1 is 0.970 bits per heavy atom. The number of hydrogen-bond acceptors (Lipinski definition) is 4. The van der Waals surface area contributed by atoms with E-state index in [0.717, 1.165) is 16.5 Å². The first-order valence-electron chi connectivity index (χ1n) is 10.4. The van der Waals surface area contributed by atoms with Crippen LogP contribution in [0.3, 0.4) is 0 Å². The van der Waals surface area contributed by atoms with Gasteiger partial charge in [-0.15, -0.1) is 0 Å². The van der Waals surface area contributed by atoms with E-state index in [-0.39, 0.29) is 22.0 Å². The minimum absolute atomic E-state index is 0.0993. The highest BCUT2D eigenvalue weighted by molar-refractivity contribution is 6.46. The Labute approximate surface area is 196 Å². The third kappa shape index (κ3) is 4.22. The zero-order chi connectivity index (χ0) is 23.7. The Morgan fingerprint density at radius 2 is 1.67 bits per heavy atom. The Hall–Kier alpha value is -3.64. The molecule has 5 nitrogen and oxygen atoms in total. The quantitative estimate of drug-likeness (QED) is 0.454. The second kappa shape index (κ2) is 9.08. The topological polar surface area (TPSA) is 58.6 Å². The summed E-state index contributed by atoms with van der Waals surface area (Å²) in [7, 11) is 1.50. The SMILES string of the molecule is COc1ccccc1C1=C(Nc2ccc(C(C)C)cc2)C(=O)N(c2ccc(F)c(Cl)c2)C1=O. The fourth-order valence-electron chi connectivity index (χ4n) is 3.70. The summed E-state index contributed by atoms with van der Waals surface area (Å²) in [6.45, 7) is 4.19. The standard InChI is InChI=1S/C26H22ClFN2O3/c1-15(2)16-8-10-17(11-9-16)29-24-23(19-6-4-5-7-22(19)33-3)25(31)30(26(24)32)18-12-13-21(28)20(27)14-18/h4-15,29H,1-3H3. The summed E-state index contributed by atoms with van der Waals surface area (Å²) in [5.41, 5.74) is 2.71. The summed E-state index contributed by atoms with van der Waals surface area (Å²) in [5.74, 6) is -0.969. The number of ether oxygens (including phenoxy) is 1. The van der Waals surface area contributed by atoms with Crippen molar-refractivity contribution in [3.63, 3.8) is 0 Å². The van der Waals surface area contributed by atoms with Crippen molar-refractivity contribution in [2.45, 2.75) is 19.8 Å². The molecule has 0 atom stereocenters. The Bertz CT molecular complexity index is 1270. The minimum Gasteiger partial charge on any atom is -0.496 e. The first-order chi connectivity index (χ1) is 15.8. The van der Waals surface area contributed by atoms with E-state index < -0.39 is 17.6 Å². The monoisotopic (exact) mass is 464 g/mol. The molecule has 168 valence electrons. The number of carbonyl (C=O) groups is 2. The van der Waals surface area contributed by atoms with Crippen molar-refractivity contribution in [2.75, 3.05) is 17.3 Å². The molecule has 0 aliphatic carbocycles. The van der Waals surface area contributed by atoms with E-state index in [4.69, 9.17) is 16.3 Å². The molecule has 0 bridgehead atoms. The van der Waals surface area contributed by atoms with Crippen LogP contribution >= 0.6 is 11.6 Å². The number of amides is 2. The fourth-order valence-corrected chi connectivity index (χ4v) is 3.88. The van der Waals surface area contributed by atoms with Crippen LogP contribution in [0.1, 0.15) is 30.9 Å². The molecular formula is C26H22ClFN2O3. The zero-order valence-electron chi connectivity index (χ0n) is 18.4. The van der Waals surface area contributed by atoms with E-state index in [9.17, 15) is 14.0 Å². The lowest BCUT2D eigenvalue weighted by Gasteiger charge is -2.16. The molecule has 0 fully saturated rings. The van der Waals surface area contributed by atoms with Crippen molar-refractivity contribution in [1.29, 1.82) is 0 Å². The molecule has 0 aromatic heterocycles. The number of carbonyl (C=O) groups excluding carboxylic acids is 2. The highest BCUT2D eigenvalue weighted by atomic mass is 35.5. The average molecular weight is 465 g/mol. The molecule has 0 saturated carbocycles. The maximum Gasteiger partial charge on any atom is 0.282 e. The van der Waals surface area contributed by atoms with Crippen molar-refractivity contribution >= 4 is 40.4 Å². The summed E-state index contributed by atoms with van der Waals surface area (Å²) in [6, 6.07) is 18.3. The van der Waals surface area contributed by atoms with E-state index >= 15 is 0 Å². The molecule has 0 saturated heterocycles. The summed E-state index contributed by atoms with van der Waals surface area (Å²) in [6.07, 6.45) is 0. The number of halogens is 2. The van der Waals surface area contributed by atoms with Gasteiger partial charge in [0, 0.05) is 11.3 Å². The lowest BCUT2D eigenvalue weighted by atomic mass is 10.0. The van der Waals surface area contributed by atoms with Crippen molar-refractivity contribution in [3.8, 4) is 5.75 Å². The van der Waals surface area contributed by atoms with Crippen LogP contribution in [0.15, 0.2) is 72.4 Å². The average Bonchev–Trinajstić information content (AvgIpc) is 3.05. The predicted octanol–water partition coefficient (Wildman–Crippen LogP) is 6.01. The van der Waals surface area contributed by atoms with Crippen LogP contribution in [0, 0.1) is 5.82 Å². The molecular weight excluding hydrogens is 443 g/mol. The molecule has 2 amide bonds. The number of anilines is 2. The molecule has 1 aliphatic heterocycles. The lowest BCUT2D eigenvalue weighted by molar-refractivity contribution is -0.120. The molecule has 3 aromatic carbocycles. The molecule has 7 heteroatoms. The van der Waals surface area contributed by atoms with Gasteiger partial charge in [0.15, 0.2) is 0 Å². The first kappa shape index (κ1) is 22.6. The highest BCUT2D eigenvalue weighted by Gasteiger charge is 2.41. The van der Waals surface area contributed by atoms with Crippen LogP contribution in [-0.2, 0) is 9.59 Å². The highest BCUT2D eigenvalue weighted by Crippen LogP contribution is 2.38. The molecule has 1 heterocycles. The Kier molecular flexibility index (Phi) is 6.20. The first-order valence-corrected chi connectivity index (χ1v) is 10.8. The summed E-state index contributed by atoms with van der Waals surface area (Å²) < 4.78 is 19.2. The van der Waals surface area contributed by atoms with Gasteiger partial charge >= 0.3 is 0 Å². The van der Waals surface area contributed by atoms with Gasteiger partial charge in [-0.25, -0.2) is 9.29 Å². The van der Waals surface area contributed by atoms with Gasteiger partial charge in [-0.1, -0.05) is 55.8 Å². The predicted molar refractivity (Wildman–Crippen MR) is 128 cm³/mol. The van der Waals surface area contributed by atoms with E-state index in [1.165, 1.54) is 19.2 Å². The number of nitrogens with zero attached hydrogens (tertiary/aromatic N) is 1. The van der Waals surface area contributed by atoms with Crippen LogP contribution in [-0.4, -0.2) is 18.9 Å². The zero-order valence-corrected chi connectivity index (χ0v) is 19.1. The molecule has 3 aromatic rings. The third-order valence-electron chi connectivity index (χ3n) is 5.47. The molecule has 1 N–H and O–H groups in total. The van der Waals surface area contributed by atoms with Gasteiger partial charge in [0.2, 0.25) is 0 Å². The van der Waals surface area contributed by atoms with E-state index in [1.54, 1.807) is 24.3 Å². The number of rotatable bonds is 6. The molecule has 0 radical (unpaired) electrons. The number of hydrogen-bond donors (Lipinski definition) is 1. The number of benzene rings is 3. The van der Waals surface area contributed by atoms with Crippen LogP contribution in [0.2, 0.25) is 5.02 Å². The van der Waals surface area contributed by atoms with E-state index in [1.807, 2.05) is 24.3 Å². The fraction of sp³-hybridized carbons (Fsp3) is 0.154. The van der Waals surface area contributed by atoms with Gasteiger partial charge in [-0.3, -0.25) is 9.59 Å². The third-order valence-corrected chi connectivity index (χ3v) is 5.76. The largest absolute Gasteiger partial charge is 0.496 e. The van der Waals surface area contributed by atoms with Crippen molar-refractivity contribution in [1.82, 2.24) is 0 Å². The van der Waals surface area contributed by atoms with Gasteiger partial charge in [0.05, 0.1) is 23.4 Å². The number of imide groups is 1. The summed E-state index contributed by atoms with van der Waals surface area (Å²) >= 11 is 5.92. The van der Waals surface area contributed by atoms with Gasteiger partial charge in [0.25, 0.3) is 11.8 Å². The van der Waals surface area contributed by atoms with Crippen molar-refractivity contribution in [3.05, 3.63) is 94.4 Å². The van der Waals surface area contributed by atoms with Crippen LogP contribution in [0.5, 0.6) is 5.75 Å². The van der Waals surface area contributed by atoms with Gasteiger partial charge in [0.1, 0.15) is 17.3 Å². The molecule has 1 aliphatic rings. The Morgan fingerprint density at radius 3 is 2.30 bits per heavy atom. The maximum atomic E-state index is 13.7.